The van der Waals surface area contributed by atoms with Crippen molar-refractivity contribution in [1.29, 1.82) is 0 Å². The Morgan fingerprint density at radius 2 is 1.65 bits per heavy atom. The minimum atomic E-state index is -1.18. The first kappa shape index (κ1) is 23.9. The highest BCUT2D eigenvalue weighted by atomic mass is 16.4. The monoisotopic (exact) mass is 428 g/mol. The lowest BCUT2D eigenvalue weighted by atomic mass is 9.93. The van der Waals surface area contributed by atoms with Crippen LogP contribution in [0.2, 0.25) is 0 Å². The first-order chi connectivity index (χ1) is 14.7. The molecule has 0 radical (unpaired) electrons. The molecule has 2 rings (SSSR count). The molecule has 2 amide bonds. The quantitative estimate of drug-likeness (QED) is 0.434. The second kappa shape index (κ2) is 11.1. The van der Waals surface area contributed by atoms with Crippen LogP contribution in [0.5, 0.6) is 0 Å². The fraction of sp³-hybridized carbons (Fsp3) is 0.391. The van der Waals surface area contributed by atoms with Gasteiger partial charge in [-0.05, 0) is 28.7 Å². The lowest BCUT2D eigenvalue weighted by molar-refractivity contribution is -0.142. The maximum atomic E-state index is 12.3. The minimum Gasteiger partial charge on any atom is -0.481 e. The Morgan fingerprint density at radius 1 is 0.968 bits per heavy atom. The van der Waals surface area contributed by atoms with E-state index in [4.69, 9.17) is 5.11 Å². The van der Waals surface area contributed by atoms with Crippen LogP contribution in [0.4, 0.5) is 0 Å². The summed E-state index contributed by atoms with van der Waals surface area (Å²) in [5.41, 5.74) is 0.758. The lowest BCUT2D eigenvalue weighted by Gasteiger charge is -2.18. The van der Waals surface area contributed by atoms with Gasteiger partial charge < -0.3 is 20.8 Å². The molecule has 0 aliphatic heterocycles. The number of carbonyl (C=O) groups excluding carboxylic acids is 2. The summed E-state index contributed by atoms with van der Waals surface area (Å²) in [4.78, 5) is 47.1. The van der Waals surface area contributed by atoms with Crippen LogP contribution in [-0.4, -0.2) is 46.6 Å². The van der Waals surface area contributed by atoms with Gasteiger partial charge in [-0.15, -0.1) is 0 Å². The Labute approximate surface area is 180 Å². The Morgan fingerprint density at radius 3 is 2.26 bits per heavy atom. The average molecular weight is 428 g/mol. The topological polar surface area (TPSA) is 133 Å². The molecule has 8 heteroatoms. The van der Waals surface area contributed by atoms with Crippen molar-refractivity contribution in [2.24, 2.45) is 11.8 Å². The molecule has 0 heterocycles. The van der Waals surface area contributed by atoms with Crippen LogP contribution in [-0.2, 0) is 25.6 Å². The number of carbonyl (C=O) groups is 4. The number of hydrogen-bond acceptors (Lipinski definition) is 4. The first-order valence-corrected chi connectivity index (χ1v) is 10.1. The molecule has 0 aromatic heterocycles. The number of rotatable bonds is 11. The fourth-order valence-corrected chi connectivity index (χ4v) is 3.42. The van der Waals surface area contributed by atoms with Crippen molar-refractivity contribution >= 4 is 34.5 Å². The number of amides is 2. The third-order valence-corrected chi connectivity index (χ3v) is 4.86. The van der Waals surface area contributed by atoms with Gasteiger partial charge in [-0.3, -0.25) is 14.4 Å². The predicted molar refractivity (Wildman–Crippen MR) is 115 cm³/mol. The highest BCUT2D eigenvalue weighted by molar-refractivity contribution is 5.90. The van der Waals surface area contributed by atoms with Crippen LogP contribution in [0.1, 0.15) is 32.3 Å². The maximum absolute atomic E-state index is 12.3. The van der Waals surface area contributed by atoms with Gasteiger partial charge in [0.1, 0.15) is 6.04 Å². The molecule has 0 aliphatic rings. The van der Waals surface area contributed by atoms with Gasteiger partial charge in [0.25, 0.3) is 0 Å². The smallest absolute Gasteiger partial charge is 0.326 e. The van der Waals surface area contributed by atoms with E-state index in [1.807, 2.05) is 56.3 Å². The SMILES string of the molecule is CC(C)CC(CC(=O)O)C(=O)NCC(=O)N[C@@H](Cc1ccc2ccccc2c1)C(=O)O. The highest BCUT2D eigenvalue weighted by Crippen LogP contribution is 2.17. The van der Waals surface area contributed by atoms with Gasteiger partial charge in [0.05, 0.1) is 13.0 Å². The molecule has 1 unspecified atom stereocenters. The van der Waals surface area contributed by atoms with Crippen LogP contribution in [0.15, 0.2) is 42.5 Å². The van der Waals surface area contributed by atoms with Crippen molar-refractivity contribution in [1.82, 2.24) is 10.6 Å². The van der Waals surface area contributed by atoms with Gasteiger partial charge in [-0.2, -0.15) is 0 Å². The van der Waals surface area contributed by atoms with Crippen molar-refractivity contribution in [3.63, 3.8) is 0 Å². The number of fused-ring (bicyclic) bond motifs is 1. The van der Waals surface area contributed by atoms with E-state index in [1.54, 1.807) is 0 Å². The van der Waals surface area contributed by atoms with Crippen LogP contribution in [0, 0.1) is 11.8 Å². The molecule has 0 saturated carbocycles. The molecule has 0 saturated heterocycles. The summed E-state index contributed by atoms with van der Waals surface area (Å²) in [6.07, 6.45) is 0.139. The van der Waals surface area contributed by atoms with Gasteiger partial charge in [0.15, 0.2) is 0 Å². The van der Waals surface area contributed by atoms with E-state index in [-0.39, 0.29) is 18.8 Å². The Kier molecular flexibility index (Phi) is 8.54. The van der Waals surface area contributed by atoms with Gasteiger partial charge in [0.2, 0.25) is 11.8 Å². The molecular formula is C23H28N2O6. The second-order valence-corrected chi connectivity index (χ2v) is 7.99. The second-order valence-electron chi connectivity index (χ2n) is 7.99. The van der Waals surface area contributed by atoms with E-state index in [1.165, 1.54) is 0 Å². The zero-order valence-electron chi connectivity index (χ0n) is 17.6. The summed E-state index contributed by atoms with van der Waals surface area (Å²) < 4.78 is 0. The number of carboxylic acid groups (broad SMARTS) is 2. The molecule has 166 valence electrons. The summed E-state index contributed by atoms with van der Waals surface area (Å²) >= 11 is 0. The number of nitrogens with one attached hydrogen (secondary N) is 2. The lowest BCUT2D eigenvalue weighted by Crippen LogP contribution is -2.47. The van der Waals surface area contributed by atoms with Crippen molar-refractivity contribution in [2.75, 3.05) is 6.54 Å². The van der Waals surface area contributed by atoms with Crippen LogP contribution in [0.25, 0.3) is 10.8 Å². The Bertz CT molecular complexity index is 956. The van der Waals surface area contributed by atoms with E-state index < -0.39 is 42.3 Å². The Hall–Kier alpha value is -3.42. The van der Waals surface area contributed by atoms with Crippen molar-refractivity contribution < 1.29 is 29.4 Å². The maximum Gasteiger partial charge on any atom is 0.326 e. The number of carboxylic acids is 2. The van der Waals surface area contributed by atoms with Crippen molar-refractivity contribution in [2.45, 2.75) is 39.2 Å². The number of aliphatic carboxylic acids is 2. The third kappa shape index (κ3) is 7.73. The first-order valence-electron chi connectivity index (χ1n) is 10.1. The van der Waals surface area contributed by atoms with Crippen LogP contribution < -0.4 is 10.6 Å². The summed E-state index contributed by atoms with van der Waals surface area (Å²) in [7, 11) is 0. The molecule has 0 aliphatic carbocycles. The van der Waals surface area contributed by atoms with Crippen molar-refractivity contribution in [3.8, 4) is 0 Å². The number of benzene rings is 2. The largest absolute Gasteiger partial charge is 0.481 e. The van der Waals surface area contributed by atoms with Crippen LogP contribution >= 0.6 is 0 Å². The zero-order valence-corrected chi connectivity index (χ0v) is 17.6. The van der Waals surface area contributed by atoms with Crippen LogP contribution in [0.3, 0.4) is 0 Å². The molecule has 2 atom stereocenters. The number of hydrogen-bond donors (Lipinski definition) is 4. The summed E-state index contributed by atoms with van der Waals surface area (Å²) in [6.45, 7) is 3.33. The standard InChI is InChI=1S/C23H28N2O6/c1-14(2)9-18(12-21(27)28)22(29)24-13-20(26)25-19(23(30)31)11-15-7-8-16-5-3-4-6-17(16)10-15/h3-8,10,14,18-19H,9,11-13H2,1-2H3,(H,24,29)(H,25,26)(H,27,28)(H,30,31)/t18?,19-/m0/s1. The third-order valence-electron chi connectivity index (χ3n) is 4.86. The predicted octanol–water partition coefficient (Wildman–Crippen LogP) is 2.20. The molecule has 4 N–H and O–H groups in total. The van der Waals surface area contributed by atoms with E-state index in [0.29, 0.717) is 6.42 Å². The highest BCUT2D eigenvalue weighted by Gasteiger charge is 2.24. The molecule has 31 heavy (non-hydrogen) atoms. The van der Waals surface area contributed by atoms with Crippen molar-refractivity contribution in [3.05, 3.63) is 48.0 Å². The fourth-order valence-electron chi connectivity index (χ4n) is 3.42. The Balaban J connectivity index is 1.95. The van der Waals surface area contributed by atoms with E-state index >= 15 is 0 Å². The molecule has 0 fully saturated rings. The zero-order chi connectivity index (χ0) is 23.0. The summed E-state index contributed by atoms with van der Waals surface area (Å²) in [5.74, 6) is -4.10. The van der Waals surface area contributed by atoms with Gasteiger partial charge >= 0.3 is 11.9 Å². The molecule has 2 aromatic carbocycles. The minimum absolute atomic E-state index is 0.0921. The molecular weight excluding hydrogens is 400 g/mol. The van der Waals surface area contributed by atoms with E-state index in [9.17, 15) is 24.3 Å². The van der Waals surface area contributed by atoms with Gasteiger partial charge in [-0.1, -0.05) is 56.3 Å². The summed E-state index contributed by atoms with van der Waals surface area (Å²) in [6, 6.07) is 12.1. The average Bonchev–Trinajstić information content (AvgIpc) is 2.70. The summed E-state index contributed by atoms with van der Waals surface area (Å²) in [5, 5.41) is 25.3. The van der Waals surface area contributed by atoms with E-state index in [0.717, 1.165) is 16.3 Å². The van der Waals surface area contributed by atoms with Gasteiger partial charge in [-0.25, -0.2) is 4.79 Å². The normalized spacial score (nSPS) is 12.9. The molecule has 0 spiro atoms. The molecule has 8 nitrogen and oxygen atoms in total. The van der Waals surface area contributed by atoms with E-state index in [2.05, 4.69) is 10.6 Å². The molecule has 2 aromatic rings. The molecule has 0 bridgehead atoms. The van der Waals surface area contributed by atoms with Gasteiger partial charge in [0, 0.05) is 12.3 Å².